The summed E-state index contributed by atoms with van der Waals surface area (Å²) in [5.74, 6) is 1.27. The van der Waals surface area contributed by atoms with E-state index in [1.54, 1.807) is 12.1 Å². The molecule has 50 heavy (non-hydrogen) atoms. The van der Waals surface area contributed by atoms with Gasteiger partial charge >= 0.3 is 0 Å². The van der Waals surface area contributed by atoms with Crippen molar-refractivity contribution in [3.8, 4) is 67.5 Å². The Morgan fingerprint density at radius 1 is 0.260 bits per heavy atom. The number of halogens is 2. The molecular weight excluding hydrogens is 655 g/mol. The van der Waals surface area contributed by atoms with Gasteiger partial charge in [-0.1, -0.05) is 181 Å². The first-order valence-corrected chi connectivity index (χ1v) is 16.9. The van der Waals surface area contributed by atoms with Crippen molar-refractivity contribution in [3.05, 3.63) is 192 Å². The van der Waals surface area contributed by atoms with Crippen LogP contribution in [0.5, 0.6) is 0 Å². The average Bonchev–Trinajstić information content (AvgIpc) is 3.19. The SMILES string of the molecule is Clc1cc(-c2cccc(-c3ccccc3)c2)nc(-c2ccccc2)n1.Clc1cc(-c2cccc(-c3ccccc3)c2)nc(-c2ccccc2)n1. The summed E-state index contributed by atoms with van der Waals surface area (Å²) in [6, 6.07) is 60.5. The molecule has 2 heterocycles. The van der Waals surface area contributed by atoms with Crippen molar-refractivity contribution >= 4 is 23.2 Å². The van der Waals surface area contributed by atoms with Gasteiger partial charge in [0.25, 0.3) is 0 Å². The average molecular weight is 686 g/mol. The predicted octanol–water partition coefficient (Wildman–Crippen LogP) is 12.3. The number of hydrogen-bond acceptors (Lipinski definition) is 4. The summed E-state index contributed by atoms with van der Waals surface area (Å²) >= 11 is 12.5. The minimum atomic E-state index is 0.439. The second-order valence-corrected chi connectivity index (χ2v) is 12.2. The van der Waals surface area contributed by atoms with E-state index < -0.39 is 0 Å². The van der Waals surface area contributed by atoms with Gasteiger partial charge in [0.05, 0.1) is 11.4 Å². The van der Waals surface area contributed by atoms with Crippen molar-refractivity contribution in [2.45, 2.75) is 0 Å². The molecule has 2 aromatic heterocycles. The van der Waals surface area contributed by atoms with Crippen molar-refractivity contribution in [2.75, 3.05) is 0 Å². The van der Waals surface area contributed by atoms with Crippen LogP contribution in [0.25, 0.3) is 67.5 Å². The van der Waals surface area contributed by atoms with Gasteiger partial charge in [-0.2, -0.15) is 0 Å². The van der Waals surface area contributed by atoms with Crippen LogP contribution in [0.3, 0.4) is 0 Å². The van der Waals surface area contributed by atoms with Crippen LogP contribution in [0, 0.1) is 0 Å². The largest absolute Gasteiger partial charge is 0.228 e. The summed E-state index contributed by atoms with van der Waals surface area (Å²) in [5.41, 5.74) is 10.2. The minimum Gasteiger partial charge on any atom is -0.228 e. The van der Waals surface area contributed by atoms with E-state index in [4.69, 9.17) is 33.2 Å². The third-order valence-corrected chi connectivity index (χ3v) is 8.37. The van der Waals surface area contributed by atoms with Crippen molar-refractivity contribution in [2.24, 2.45) is 0 Å². The van der Waals surface area contributed by atoms with Crippen molar-refractivity contribution in [1.29, 1.82) is 0 Å². The second-order valence-electron chi connectivity index (χ2n) is 11.4. The summed E-state index contributed by atoms with van der Waals surface area (Å²) in [6.07, 6.45) is 0. The lowest BCUT2D eigenvalue weighted by Crippen LogP contribution is -1.93. The highest BCUT2D eigenvalue weighted by Crippen LogP contribution is 2.30. The van der Waals surface area contributed by atoms with Crippen molar-refractivity contribution < 1.29 is 0 Å². The Labute approximate surface area is 301 Å². The van der Waals surface area contributed by atoms with Gasteiger partial charge in [0.15, 0.2) is 11.6 Å². The molecule has 0 aliphatic carbocycles. The van der Waals surface area contributed by atoms with Crippen LogP contribution < -0.4 is 0 Å². The molecule has 8 aromatic rings. The van der Waals surface area contributed by atoms with Gasteiger partial charge < -0.3 is 0 Å². The number of nitrogens with zero attached hydrogens (tertiary/aromatic N) is 4. The fourth-order valence-electron chi connectivity index (χ4n) is 5.54. The minimum absolute atomic E-state index is 0.439. The molecule has 0 radical (unpaired) electrons. The maximum atomic E-state index is 6.26. The molecule has 8 rings (SSSR count). The van der Waals surface area contributed by atoms with Crippen LogP contribution in [0.15, 0.2) is 182 Å². The van der Waals surface area contributed by atoms with E-state index in [0.29, 0.717) is 22.0 Å². The number of hydrogen-bond donors (Lipinski definition) is 0. The molecule has 6 aromatic carbocycles. The summed E-state index contributed by atoms with van der Waals surface area (Å²) in [4.78, 5) is 18.2. The van der Waals surface area contributed by atoms with Gasteiger partial charge in [-0.05, 0) is 34.4 Å². The Kier molecular flexibility index (Phi) is 10.1. The van der Waals surface area contributed by atoms with Crippen LogP contribution in [-0.4, -0.2) is 19.9 Å². The lowest BCUT2D eigenvalue weighted by atomic mass is 10.0. The Bertz CT molecular complexity index is 2170. The van der Waals surface area contributed by atoms with E-state index in [-0.39, 0.29) is 0 Å². The van der Waals surface area contributed by atoms with E-state index in [9.17, 15) is 0 Å². The van der Waals surface area contributed by atoms with Crippen LogP contribution in [-0.2, 0) is 0 Å². The van der Waals surface area contributed by atoms with E-state index in [0.717, 1.165) is 44.8 Å². The number of rotatable bonds is 6. The first-order chi connectivity index (χ1) is 24.6. The van der Waals surface area contributed by atoms with E-state index in [1.165, 1.54) is 11.1 Å². The summed E-state index contributed by atoms with van der Waals surface area (Å²) in [7, 11) is 0. The molecule has 6 heteroatoms. The quantitative estimate of drug-likeness (QED) is 0.164. The first-order valence-electron chi connectivity index (χ1n) is 16.1. The lowest BCUT2D eigenvalue weighted by Gasteiger charge is -2.08. The zero-order chi connectivity index (χ0) is 34.1. The Morgan fingerprint density at radius 2 is 0.560 bits per heavy atom. The van der Waals surface area contributed by atoms with E-state index in [2.05, 4.69) is 58.5 Å². The molecular formula is C44H30Cl2N4. The molecule has 0 amide bonds. The molecule has 0 saturated heterocycles. The van der Waals surface area contributed by atoms with Gasteiger partial charge in [-0.3, -0.25) is 0 Å². The number of aromatic nitrogens is 4. The molecule has 0 unspecified atom stereocenters. The monoisotopic (exact) mass is 684 g/mol. The summed E-state index contributed by atoms with van der Waals surface area (Å²) < 4.78 is 0. The second kappa shape index (κ2) is 15.5. The zero-order valence-corrected chi connectivity index (χ0v) is 28.4. The third kappa shape index (κ3) is 8.01. The fourth-order valence-corrected chi connectivity index (χ4v) is 5.91. The molecule has 0 atom stereocenters. The standard InChI is InChI=1S/2C22H15ClN2/c2*23-21-15-20(24-22(25-21)17-10-5-2-6-11-17)19-13-7-12-18(14-19)16-8-3-1-4-9-16/h2*1-15H. The fraction of sp³-hybridized carbons (Fsp3) is 0. The molecule has 0 fully saturated rings. The summed E-state index contributed by atoms with van der Waals surface area (Å²) in [5, 5.41) is 0.878. The topological polar surface area (TPSA) is 51.6 Å². The normalized spacial score (nSPS) is 10.6. The number of benzene rings is 6. The summed E-state index contributed by atoms with van der Waals surface area (Å²) in [6.45, 7) is 0. The molecule has 0 saturated carbocycles. The molecule has 4 nitrogen and oxygen atoms in total. The Balaban J connectivity index is 0.000000157. The van der Waals surface area contributed by atoms with Gasteiger partial charge in [0.1, 0.15) is 10.3 Å². The molecule has 0 spiro atoms. The predicted molar refractivity (Wildman–Crippen MR) is 207 cm³/mol. The molecule has 0 aliphatic heterocycles. The van der Waals surface area contributed by atoms with E-state index >= 15 is 0 Å². The maximum Gasteiger partial charge on any atom is 0.161 e. The van der Waals surface area contributed by atoms with Crippen LogP contribution in [0.1, 0.15) is 0 Å². The lowest BCUT2D eigenvalue weighted by molar-refractivity contribution is 1.18. The molecule has 0 bridgehead atoms. The zero-order valence-electron chi connectivity index (χ0n) is 26.9. The highest BCUT2D eigenvalue weighted by molar-refractivity contribution is 6.30. The molecule has 240 valence electrons. The van der Waals surface area contributed by atoms with Crippen molar-refractivity contribution in [1.82, 2.24) is 19.9 Å². The smallest absolute Gasteiger partial charge is 0.161 e. The Hall–Kier alpha value is -5.94. The van der Waals surface area contributed by atoms with Crippen LogP contribution in [0.2, 0.25) is 10.3 Å². The maximum absolute atomic E-state index is 6.26. The molecule has 0 aliphatic rings. The van der Waals surface area contributed by atoms with Gasteiger partial charge in [0, 0.05) is 34.4 Å². The van der Waals surface area contributed by atoms with Crippen molar-refractivity contribution in [3.63, 3.8) is 0 Å². The third-order valence-electron chi connectivity index (χ3n) is 7.98. The van der Waals surface area contributed by atoms with Gasteiger partial charge in [-0.15, -0.1) is 0 Å². The highest BCUT2D eigenvalue weighted by Gasteiger charge is 2.10. The van der Waals surface area contributed by atoms with Gasteiger partial charge in [0.2, 0.25) is 0 Å². The van der Waals surface area contributed by atoms with Crippen LogP contribution in [0.4, 0.5) is 0 Å². The highest BCUT2D eigenvalue weighted by atomic mass is 35.5. The molecule has 0 N–H and O–H groups in total. The van der Waals surface area contributed by atoms with Crippen LogP contribution >= 0.6 is 23.2 Å². The first kappa shape index (κ1) is 32.6. The van der Waals surface area contributed by atoms with Gasteiger partial charge in [-0.25, -0.2) is 19.9 Å². The Morgan fingerprint density at radius 3 is 0.920 bits per heavy atom. The van der Waals surface area contributed by atoms with E-state index in [1.807, 2.05) is 121 Å².